The van der Waals surface area contributed by atoms with Crippen LogP contribution in [0.5, 0.6) is 0 Å². The van der Waals surface area contributed by atoms with Crippen LogP contribution in [-0.2, 0) is 4.74 Å². The van der Waals surface area contributed by atoms with Gasteiger partial charge in [-0.25, -0.2) is 0 Å². The van der Waals surface area contributed by atoms with E-state index in [1.165, 1.54) is 51.4 Å². The van der Waals surface area contributed by atoms with E-state index in [-0.39, 0.29) is 5.60 Å². The molecule has 1 aliphatic heterocycles. The van der Waals surface area contributed by atoms with Crippen molar-refractivity contribution in [3.8, 4) is 0 Å². The molecule has 2 atom stereocenters. The summed E-state index contributed by atoms with van der Waals surface area (Å²) in [5, 5.41) is 0. The molecule has 0 aromatic carbocycles. The molecule has 3 N–H and O–H groups in total. The summed E-state index contributed by atoms with van der Waals surface area (Å²) >= 11 is 0. The molecule has 2 rings (SSSR count). The second-order valence-corrected chi connectivity index (χ2v) is 6.01. The molecule has 0 aromatic heterocycles. The summed E-state index contributed by atoms with van der Waals surface area (Å²) in [5.41, 5.74) is 3.05. The monoisotopic (exact) mass is 240 g/mol. The first kappa shape index (κ1) is 13.3. The number of hydrogen-bond acceptors (Lipinski definition) is 3. The topological polar surface area (TPSA) is 47.3 Å². The van der Waals surface area contributed by atoms with E-state index in [2.05, 4.69) is 12.3 Å². The molecule has 0 amide bonds. The second kappa shape index (κ2) is 6.17. The molecule has 3 nitrogen and oxygen atoms in total. The molecule has 0 radical (unpaired) electrons. The lowest BCUT2D eigenvalue weighted by atomic mass is 9.78. The molecule has 1 saturated heterocycles. The summed E-state index contributed by atoms with van der Waals surface area (Å²) in [6.07, 6.45) is 11.8. The van der Waals surface area contributed by atoms with Crippen LogP contribution in [0.2, 0.25) is 0 Å². The zero-order valence-electron chi connectivity index (χ0n) is 11.2. The predicted octanol–water partition coefficient (Wildman–Crippen LogP) is 2.75. The van der Waals surface area contributed by atoms with Crippen molar-refractivity contribution >= 4 is 0 Å². The molecule has 17 heavy (non-hydrogen) atoms. The highest BCUT2D eigenvalue weighted by Crippen LogP contribution is 2.36. The minimum atomic E-state index is -0.0397. The highest BCUT2D eigenvalue weighted by atomic mass is 16.5. The van der Waals surface area contributed by atoms with Gasteiger partial charge in [-0.2, -0.15) is 0 Å². The Hall–Kier alpha value is -0.120. The van der Waals surface area contributed by atoms with Crippen molar-refractivity contribution in [2.45, 2.75) is 76.4 Å². The van der Waals surface area contributed by atoms with Crippen LogP contribution in [0.4, 0.5) is 0 Å². The van der Waals surface area contributed by atoms with E-state index in [0.29, 0.717) is 12.0 Å². The Labute approximate surface area is 105 Å². The van der Waals surface area contributed by atoms with Gasteiger partial charge < -0.3 is 4.74 Å². The van der Waals surface area contributed by atoms with E-state index in [0.717, 1.165) is 13.0 Å². The molecule has 1 heterocycles. The van der Waals surface area contributed by atoms with Crippen LogP contribution in [0.3, 0.4) is 0 Å². The maximum absolute atomic E-state index is 6.07. The Kier molecular flexibility index (Phi) is 4.83. The summed E-state index contributed by atoms with van der Waals surface area (Å²) in [6, 6.07) is 0.334. The molecular weight excluding hydrogens is 212 g/mol. The zero-order valence-corrected chi connectivity index (χ0v) is 11.2. The standard InChI is InChI=1S/C14H28N2O/c1-14(10-6-7-11-17-14)13(16-15)12-8-4-2-3-5-9-12/h12-13,16H,2-11,15H2,1H3. The highest BCUT2D eigenvalue weighted by Gasteiger charge is 2.40. The third kappa shape index (κ3) is 3.21. The first-order chi connectivity index (χ1) is 8.26. The largest absolute Gasteiger partial charge is 0.374 e. The van der Waals surface area contributed by atoms with Gasteiger partial charge in [-0.05, 0) is 44.9 Å². The Morgan fingerprint density at radius 1 is 1.12 bits per heavy atom. The van der Waals surface area contributed by atoms with E-state index < -0.39 is 0 Å². The van der Waals surface area contributed by atoms with Crippen molar-refractivity contribution in [1.29, 1.82) is 0 Å². The van der Waals surface area contributed by atoms with Crippen LogP contribution in [0.15, 0.2) is 0 Å². The third-order valence-electron chi connectivity index (χ3n) is 4.71. The van der Waals surface area contributed by atoms with Gasteiger partial charge in [-0.1, -0.05) is 25.7 Å². The van der Waals surface area contributed by atoms with Crippen LogP contribution < -0.4 is 11.3 Å². The Bertz CT molecular complexity index is 218. The summed E-state index contributed by atoms with van der Waals surface area (Å²) in [6.45, 7) is 3.16. The van der Waals surface area contributed by atoms with Gasteiger partial charge in [0.2, 0.25) is 0 Å². The molecule has 0 aromatic rings. The zero-order chi connectivity index (χ0) is 12.1. The van der Waals surface area contributed by atoms with Crippen molar-refractivity contribution in [2.75, 3.05) is 6.61 Å². The van der Waals surface area contributed by atoms with Gasteiger partial charge in [0.05, 0.1) is 11.6 Å². The van der Waals surface area contributed by atoms with E-state index in [1.807, 2.05) is 0 Å². The summed E-state index contributed by atoms with van der Waals surface area (Å²) in [7, 11) is 0. The molecule has 0 bridgehead atoms. The number of nitrogens with one attached hydrogen (secondary N) is 1. The number of hydrogen-bond donors (Lipinski definition) is 2. The van der Waals surface area contributed by atoms with E-state index >= 15 is 0 Å². The lowest BCUT2D eigenvalue weighted by Gasteiger charge is -2.43. The molecular formula is C14H28N2O. The van der Waals surface area contributed by atoms with Gasteiger partial charge >= 0.3 is 0 Å². The second-order valence-electron chi connectivity index (χ2n) is 6.01. The molecule has 100 valence electrons. The van der Waals surface area contributed by atoms with Crippen molar-refractivity contribution in [2.24, 2.45) is 11.8 Å². The summed E-state index contributed by atoms with van der Waals surface area (Å²) in [4.78, 5) is 0. The summed E-state index contributed by atoms with van der Waals surface area (Å²) < 4.78 is 6.07. The smallest absolute Gasteiger partial charge is 0.0822 e. The quantitative estimate of drug-likeness (QED) is 0.453. The molecule has 3 heteroatoms. The Morgan fingerprint density at radius 3 is 2.35 bits per heavy atom. The Morgan fingerprint density at radius 2 is 1.82 bits per heavy atom. The number of ether oxygens (including phenoxy) is 1. The van der Waals surface area contributed by atoms with Crippen LogP contribution in [0.25, 0.3) is 0 Å². The van der Waals surface area contributed by atoms with Gasteiger partial charge in [-0.15, -0.1) is 0 Å². The maximum atomic E-state index is 6.07. The maximum Gasteiger partial charge on any atom is 0.0822 e. The average Bonchev–Trinajstić information content (AvgIpc) is 2.60. The van der Waals surface area contributed by atoms with Gasteiger partial charge in [0.25, 0.3) is 0 Å². The van der Waals surface area contributed by atoms with Crippen molar-refractivity contribution in [1.82, 2.24) is 5.43 Å². The van der Waals surface area contributed by atoms with Gasteiger partial charge in [0.1, 0.15) is 0 Å². The lowest BCUT2D eigenvalue weighted by Crippen LogP contribution is -2.58. The number of hydrazine groups is 1. The third-order valence-corrected chi connectivity index (χ3v) is 4.71. The number of rotatable bonds is 3. The minimum absolute atomic E-state index is 0.0397. The van der Waals surface area contributed by atoms with Gasteiger partial charge in [-0.3, -0.25) is 11.3 Å². The van der Waals surface area contributed by atoms with Crippen LogP contribution >= 0.6 is 0 Å². The molecule has 2 aliphatic rings. The Balaban J connectivity index is 2.02. The van der Waals surface area contributed by atoms with E-state index in [4.69, 9.17) is 10.6 Å². The van der Waals surface area contributed by atoms with Crippen molar-refractivity contribution in [3.63, 3.8) is 0 Å². The fourth-order valence-electron chi connectivity index (χ4n) is 3.66. The van der Waals surface area contributed by atoms with Crippen LogP contribution in [-0.4, -0.2) is 18.2 Å². The predicted molar refractivity (Wildman–Crippen MR) is 70.5 cm³/mol. The first-order valence-corrected chi connectivity index (χ1v) is 7.36. The van der Waals surface area contributed by atoms with Crippen molar-refractivity contribution in [3.05, 3.63) is 0 Å². The molecule has 2 unspecified atom stereocenters. The fraction of sp³-hybridized carbons (Fsp3) is 1.00. The van der Waals surface area contributed by atoms with Gasteiger partial charge in [0.15, 0.2) is 0 Å². The molecule has 1 aliphatic carbocycles. The first-order valence-electron chi connectivity index (χ1n) is 7.36. The molecule has 1 saturated carbocycles. The normalized spacial score (nSPS) is 34.2. The van der Waals surface area contributed by atoms with Crippen LogP contribution in [0.1, 0.15) is 64.7 Å². The summed E-state index contributed by atoms with van der Waals surface area (Å²) in [5.74, 6) is 6.54. The van der Waals surface area contributed by atoms with Crippen molar-refractivity contribution < 1.29 is 4.74 Å². The number of nitrogens with two attached hydrogens (primary N) is 1. The molecule has 0 spiro atoms. The van der Waals surface area contributed by atoms with Gasteiger partial charge in [0, 0.05) is 6.61 Å². The molecule has 2 fully saturated rings. The van der Waals surface area contributed by atoms with E-state index in [1.54, 1.807) is 0 Å². The SMILES string of the molecule is CC1(C(NN)C2CCCCCC2)CCCCO1. The minimum Gasteiger partial charge on any atom is -0.374 e. The van der Waals surface area contributed by atoms with Crippen LogP contribution in [0, 0.1) is 5.92 Å². The highest BCUT2D eigenvalue weighted by molar-refractivity contribution is 4.94. The fourth-order valence-corrected chi connectivity index (χ4v) is 3.66. The average molecular weight is 240 g/mol. The van der Waals surface area contributed by atoms with E-state index in [9.17, 15) is 0 Å². The lowest BCUT2D eigenvalue weighted by molar-refractivity contribution is -0.102.